The van der Waals surface area contributed by atoms with Crippen molar-refractivity contribution < 1.29 is 18.3 Å². The fourth-order valence-electron chi connectivity index (χ4n) is 6.81. The molecule has 5 rings (SSSR count). The van der Waals surface area contributed by atoms with Crippen molar-refractivity contribution in [2.75, 3.05) is 57.1 Å². The number of hydrogen-bond acceptors (Lipinski definition) is 5. The average Bonchev–Trinajstić information content (AvgIpc) is 3.31. The van der Waals surface area contributed by atoms with Crippen LogP contribution >= 0.6 is 19.4 Å². The molecule has 0 amide bonds. The summed E-state index contributed by atoms with van der Waals surface area (Å²) in [5, 5.41) is 0. The minimum atomic E-state index is -1.80. The third-order valence-electron chi connectivity index (χ3n) is 8.52. The van der Waals surface area contributed by atoms with E-state index < -0.39 is 13.5 Å². The molecule has 0 radical (unpaired) electrons. The van der Waals surface area contributed by atoms with E-state index in [0.29, 0.717) is 12.1 Å². The molecule has 2 aliphatic heterocycles. The molecule has 0 N–H and O–H groups in total. The summed E-state index contributed by atoms with van der Waals surface area (Å²) in [6, 6.07) is 17.6. The zero-order valence-corrected chi connectivity index (χ0v) is 31.7. The molecule has 5 nitrogen and oxygen atoms in total. The van der Waals surface area contributed by atoms with Crippen LogP contribution in [0.4, 0.5) is 11.4 Å². The minimum absolute atomic E-state index is 0.307. The van der Waals surface area contributed by atoms with E-state index in [1.54, 1.807) is 0 Å². The Bertz CT molecular complexity index is 1430. The van der Waals surface area contributed by atoms with Gasteiger partial charge in [-0.3, -0.25) is 0 Å². The molecule has 1 unspecified atom stereocenters. The number of rotatable bonds is 7. The van der Waals surface area contributed by atoms with Crippen molar-refractivity contribution >= 4 is 35.4 Å². The van der Waals surface area contributed by atoms with E-state index in [9.17, 15) is 0 Å². The van der Waals surface area contributed by atoms with Gasteiger partial charge in [0.1, 0.15) is 0 Å². The number of likely N-dealkylation sites (N-methyl/N-ethyl adjacent to an activating group) is 1. The summed E-state index contributed by atoms with van der Waals surface area (Å²) in [4.78, 5) is 9.58. The van der Waals surface area contributed by atoms with Gasteiger partial charge < -0.3 is 14.7 Å². The fourth-order valence-corrected chi connectivity index (χ4v) is 8.61. The minimum Gasteiger partial charge on any atom is -0.501 e. The summed E-state index contributed by atoms with van der Waals surface area (Å²) in [5.41, 5.74) is 11.8. The molecule has 2 heterocycles. The third-order valence-corrected chi connectivity index (χ3v) is 10.4. The van der Waals surface area contributed by atoms with Crippen LogP contribution in [0.15, 0.2) is 48.5 Å². The zero-order valence-electron chi connectivity index (χ0n) is 28.5. The molecule has 2 aliphatic rings. The standard InChI is InChI=1S/C24H34N3.C13H17NO.2ClH.Ru/c1-16-9-18(3)23(19(4)10-16)26-14-22(13-25(7)8)27(15-26)24-20(5)11-17(2)12-21(24)6;1-11-5-3-4-6-13(11)15-12-7-9-14(2)10-8-12;;;/h9-12,15,22H,13-14H2,1-8H3;1,3-6,12H,7-10H2,2H3;2*1H;/q-1;;;;+2/p-2. The number of anilines is 2. The van der Waals surface area contributed by atoms with E-state index in [-0.39, 0.29) is 0 Å². The molecular formula is C37H51Cl2N4ORu-. The first-order chi connectivity index (χ1) is 21.3. The Hall–Kier alpha value is -1.95. The van der Waals surface area contributed by atoms with Crippen LogP contribution in [0.2, 0.25) is 0 Å². The topological polar surface area (TPSA) is 22.2 Å². The normalized spacial score (nSPS) is 17.8. The second-order valence-electron chi connectivity index (χ2n) is 13.1. The molecule has 1 atom stereocenters. The van der Waals surface area contributed by atoms with Crippen LogP contribution in [0.3, 0.4) is 0 Å². The van der Waals surface area contributed by atoms with Crippen LogP contribution < -0.4 is 14.5 Å². The summed E-state index contributed by atoms with van der Waals surface area (Å²) in [6.45, 7) is 19.9. The van der Waals surface area contributed by atoms with E-state index in [4.69, 9.17) is 24.1 Å². The molecule has 0 bridgehead atoms. The smallest absolute Gasteiger partial charge is 0.0300 e. The molecule has 45 heavy (non-hydrogen) atoms. The van der Waals surface area contributed by atoms with Gasteiger partial charge >= 0.3 is 122 Å². The number of para-hydroxylation sites is 1. The molecule has 248 valence electrons. The molecule has 0 aliphatic carbocycles. The Labute approximate surface area is 285 Å². The zero-order chi connectivity index (χ0) is 32.8. The van der Waals surface area contributed by atoms with Crippen LogP contribution in [-0.4, -0.2) is 73.9 Å². The molecule has 0 spiro atoms. The molecule has 2 saturated heterocycles. The van der Waals surface area contributed by atoms with E-state index in [1.807, 2.05) is 28.9 Å². The first-order valence-corrected chi connectivity index (χ1v) is 21.3. The predicted octanol–water partition coefficient (Wildman–Crippen LogP) is 8.15. The second-order valence-corrected chi connectivity index (χ2v) is 18.8. The van der Waals surface area contributed by atoms with Crippen molar-refractivity contribution in [3.05, 3.63) is 94.1 Å². The van der Waals surface area contributed by atoms with Gasteiger partial charge in [0.05, 0.1) is 0 Å². The number of piperidine rings is 1. The van der Waals surface area contributed by atoms with Crippen molar-refractivity contribution in [3.8, 4) is 5.75 Å². The third kappa shape index (κ3) is 9.78. The van der Waals surface area contributed by atoms with Crippen molar-refractivity contribution in [1.82, 2.24) is 9.80 Å². The summed E-state index contributed by atoms with van der Waals surface area (Å²) >= 11 is -1.80. The average molecular weight is 740 g/mol. The number of hydrogen-bond donors (Lipinski definition) is 0. The summed E-state index contributed by atoms with van der Waals surface area (Å²) in [7, 11) is 18.4. The Morgan fingerprint density at radius 2 is 1.40 bits per heavy atom. The maximum Gasteiger partial charge on any atom is 0.0300 e. The van der Waals surface area contributed by atoms with Crippen LogP contribution in [0.5, 0.6) is 5.75 Å². The van der Waals surface area contributed by atoms with Crippen molar-refractivity contribution in [1.29, 1.82) is 0 Å². The molecule has 3 aromatic carbocycles. The van der Waals surface area contributed by atoms with Crippen molar-refractivity contribution in [3.63, 3.8) is 0 Å². The molecule has 0 aromatic heterocycles. The number of aryl methyl sites for hydroxylation is 6. The summed E-state index contributed by atoms with van der Waals surface area (Å²) in [5.74, 6) is 0.909. The second kappa shape index (κ2) is 16.2. The summed E-state index contributed by atoms with van der Waals surface area (Å²) < 4.78 is 8.03. The monoisotopic (exact) mass is 739 g/mol. The molecule has 3 aromatic rings. The molecule has 2 fully saturated rings. The number of nitrogens with zero attached hydrogens (tertiary/aromatic N) is 4. The molecule has 0 saturated carbocycles. The van der Waals surface area contributed by atoms with Crippen molar-refractivity contribution in [2.24, 2.45) is 0 Å². The van der Waals surface area contributed by atoms with Gasteiger partial charge in [0.25, 0.3) is 0 Å². The van der Waals surface area contributed by atoms with Gasteiger partial charge in [0.15, 0.2) is 0 Å². The first kappa shape index (κ1) is 35.9. The first-order valence-electron chi connectivity index (χ1n) is 15.8. The largest absolute Gasteiger partial charge is 0.501 e. The van der Waals surface area contributed by atoms with Crippen LogP contribution in [0.25, 0.3) is 0 Å². The van der Waals surface area contributed by atoms with Crippen molar-refractivity contribution in [2.45, 2.75) is 66.5 Å². The van der Waals surface area contributed by atoms with Gasteiger partial charge in [-0.15, -0.1) is 0 Å². The van der Waals surface area contributed by atoms with Crippen LogP contribution in [-0.2, 0) is 13.5 Å². The number of benzene rings is 3. The molecular weight excluding hydrogens is 688 g/mol. The predicted molar refractivity (Wildman–Crippen MR) is 192 cm³/mol. The quantitative estimate of drug-likeness (QED) is 0.180. The van der Waals surface area contributed by atoms with Crippen LogP contribution in [0, 0.1) is 48.2 Å². The van der Waals surface area contributed by atoms with E-state index in [1.165, 1.54) is 44.8 Å². The Morgan fingerprint density at radius 3 is 1.93 bits per heavy atom. The van der Waals surface area contributed by atoms with E-state index in [2.05, 4.69) is 113 Å². The van der Waals surface area contributed by atoms with Gasteiger partial charge in [0.2, 0.25) is 0 Å². The van der Waals surface area contributed by atoms with Gasteiger partial charge in [-0.05, 0) is 77.9 Å². The van der Waals surface area contributed by atoms with Gasteiger partial charge in [-0.2, -0.15) is 6.67 Å². The maximum absolute atomic E-state index is 6.08. The number of ether oxygens (including phenoxy) is 1. The number of likely N-dealkylation sites (tertiary alicyclic amines) is 1. The number of halogens is 2. The van der Waals surface area contributed by atoms with E-state index in [0.717, 1.165) is 50.3 Å². The van der Waals surface area contributed by atoms with Gasteiger partial charge in [-0.25, -0.2) is 0 Å². The Kier molecular flexibility index (Phi) is 13.0. The fraction of sp³-hybridized carbons (Fsp3) is 0.459. The van der Waals surface area contributed by atoms with E-state index >= 15 is 0 Å². The van der Waals surface area contributed by atoms with Gasteiger partial charge in [-0.1, -0.05) is 35.4 Å². The SMILES string of the molecule is CN1CCC(Oc2ccccc2[CH]=[Ru]([Cl])[Cl])CC1.Cc1cc(C)c(N2[CH-]N(c3c(C)cc(C)cc3C)C(CN(C)C)C2)c(C)c1. The summed E-state index contributed by atoms with van der Waals surface area (Å²) in [6.07, 6.45) is 2.46. The molecule has 8 heteroatoms. The van der Waals surface area contributed by atoms with Crippen LogP contribution in [0.1, 0.15) is 51.8 Å². The van der Waals surface area contributed by atoms with Gasteiger partial charge in [0, 0.05) is 30.5 Å². The maximum atomic E-state index is 6.08. The Balaban J connectivity index is 0.000000222. The Morgan fingerprint density at radius 1 is 0.867 bits per heavy atom.